The number of alkyl halides is 3. The van der Waals surface area contributed by atoms with Crippen molar-refractivity contribution >= 4 is 5.91 Å². The number of rotatable bonds is 4. The molecule has 1 fully saturated rings. The molecule has 1 saturated heterocycles. The Morgan fingerprint density at radius 2 is 1.91 bits per heavy atom. The van der Waals surface area contributed by atoms with Gasteiger partial charge >= 0.3 is 6.18 Å². The molecule has 0 saturated carbocycles. The van der Waals surface area contributed by atoms with Gasteiger partial charge in [-0.15, -0.1) is 0 Å². The van der Waals surface area contributed by atoms with E-state index in [1.807, 2.05) is 6.92 Å². The third-order valence-electron chi connectivity index (χ3n) is 4.24. The zero-order chi connectivity index (χ0) is 17.0. The van der Waals surface area contributed by atoms with E-state index in [1.165, 1.54) is 12.1 Å². The fourth-order valence-corrected chi connectivity index (χ4v) is 2.79. The normalized spacial score (nSPS) is 18.7. The highest BCUT2D eigenvalue weighted by Gasteiger charge is 2.30. The number of benzene rings is 1. The smallest absolute Gasteiger partial charge is 0.358 e. The lowest BCUT2D eigenvalue weighted by Gasteiger charge is -2.37. The molecule has 1 aromatic carbocycles. The van der Waals surface area contributed by atoms with Crippen LogP contribution in [0.15, 0.2) is 24.3 Å². The Morgan fingerprint density at radius 1 is 1.26 bits per heavy atom. The number of nitrogens with one attached hydrogen (secondary N) is 1. The molecule has 23 heavy (non-hydrogen) atoms. The minimum absolute atomic E-state index is 0.0173. The molecule has 0 aliphatic carbocycles. The zero-order valence-corrected chi connectivity index (χ0v) is 13.4. The van der Waals surface area contributed by atoms with Gasteiger partial charge in [-0.25, -0.2) is 0 Å². The van der Waals surface area contributed by atoms with E-state index in [2.05, 4.69) is 15.1 Å². The quantitative estimate of drug-likeness (QED) is 0.917. The van der Waals surface area contributed by atoms with Crippen molar-refractivity contribution in [2.75, 3.05) is 33.2 Å². The second-order valence-electron chi connectivity index (χ2n) is 5.80. The molecule has 0 aromatic heterocycles. The second kappa shape index (κ2) is 7.31. The summed E-state index contributed by atoms with van der Waals surface area (Å²) in [5, 5.41) is 2.63. The van der Waals surface area contributed by atoms with Crippen LogP contribution in [-0.2, 0) is 17.5 Å². The number of carbonyl (C=O) groups excluding carboxylic acids is 1. The summed E-state index contributed by atoms with van der Waals surface area (Å²) in [5.41, 5.74) is 0.0505. The van der Waals surface area contributed by atoms with Crippen molar-refractivity contribution in [1.29, 1.82) is 0 Å². The second-order valence-corrected chi connectivity index (χ2v) is 5.80. The highest BCUT2D eigenvalue weighted by molar-refractivity contribution is 5.80. The third-order valence-corrected chi connectivity index (χ3v) is 4.24. The van der Waals surface area contributed by atoms with E-state index in [4.69, 9.17) is 0 Å². The molecule has 4 nitrogen and oxygen atoms in total. The lowest BCUT2D eigenvalue weighted by Crippen LogP contribution is -2.53. The van der Waals surface area contributed by atoms with Crippen LogP contribution in [-0.4, -0.2) is 55.0 Å². The first-order chi connectivity index (χ1) is 10.8. The van der Waals surface area contributed by atoms with E-state index in [0.29, 0.717) is 12.1 Å². The van der Waals surface area contributed by atoms with Crippen molar-refractivity contribution in [3.63, 3.8) is 0 Å². The topological polar surface area (TPSA) is 35.6 Å². The van der Waals surface area contributed by atoms with Gasteiger partial charge in [-0.3, -0.25) is 14.6 Å². The number of hydrogen-bond acceptors (Lipinski definition) is 3. The summed E-state index contributed by atoms with van der Waals surface area (Å²) >= 11 is 0. The molecule has 0 bridgehead atoms. The van der Waals surface area contributed by atoms with Crippen molar-refractivity contribution < 1.29 is 18.0 Å². The average molecular weight is 329 g/mol. The van der Waals surface area contributed by atoms with Gasteiger partial charge in [0, 0.05) is 39.8 Å². The Bertz CT molecular complexity index is 540. The van der Waals surface area contributed by atoms with Crippen LogP contribution in [0.5, 0.6) is 0 Å². The molecule has 0 radical (unpaired) electrons. The van der Waals surface area contributed by atoms with E-state index >= 15 is 0 Å². The van der Waals surface area contributed by atoms with Gasteiger partial charge in [0.25, 0.3) is 0 Å². The number of amides is 1. The summed E-state index contributed by atoms with van der Waals surface area (Å²) in [6.45, 7) is 5.28. The standard InChI is InChI=1S/C16H22F3N3O/c1-12(15(23)20-2)22-8-6-21(7-9-22)11-13-4-3-5-14(10-13)16(17,18)19/h3-5,10,12H,6-9,11H2,1-2H3,(H,20,23)/t12-/m0/s1. The van der Waals surface area contributed by atoms with Gasteiger partial charge in [-0.05, 0) is 18.6 Å². The number of piperazine rings is 1. The summed E-state index contributed by atoms with van der Waals surface area (Å²) in [5.74, 6) is -0.0173. The van der Waals surface area contributed by atoms with E-state index in [1.54, 1.807) is 13.1 Å². The molecule has 1 atom stereocenters. The van der Waals surface area contributed by atoms with Crippen LogP contribution in [0, 0.1) is 0 Å². The Hall–Kier alpha value is -1.60. The van der Waals surface area contributed by atoms with Crippen LogP contribution in [0.2, 0.25) is 0 Å². The van der Waals surface area contributed by atoms with Crippen molar-refractivity contribution in [2.45, 2.75) is 25.7 Å². The first-order valence-electron chi connectivity index (χ1n) is 7.65. The summed E-state index contributed by atoms with van der Waals surface area (Å²) in [4.78, 5) is 15.8. The average Bonchev–Trinajstić information content (AvgIpc) is 2.53. The first-order valence-corrected chi connectivity index (χ1v) is 7.65. The summed E-state index contributed by atoms with van der Waals surface area (Å²) in [6.07, 6.45) is -4.31. The number of nitrogens with zero attached hydrogens (tertiary/aromatic N) is 2. The van der Waals surface area contributed by atoms with Crippen LogP contribution in [0.1, 0.15) is 18.1 Å². The minimum atomic E-state index is -4.31. The molecule has 0 spiro atoms. The molecule has 7 heteroatoms. The van der Waals surface area contributed by atoms with E-state index in [0.717, 1.165) is 32.2 Å². The highest BCUT2D eigenvalue weighted by Crippen LogP contribution is 2.29. The molecule has 1 aliphatic heterocycles. The molecule has 1 amide bonds. The number of carbonyl (C=O) groups is 1. The molecule has 1 heterocycles. The molecule has 2 rings (SSSR count). The number of halogens is 3. The largest absolute Gasteiger partial charge is 0.416 e. The minimum Gasteiger partial charge on any atom is -0.358 e. The fourth-order valence-electron chi connectivity index (χ4n) is 2.79. The Morgan fingerprint density at radius 3 is 2.48 bits per heavy atom. The third kappa shape index (κ3) is 4.68. The van der Waals surface area contributed by atoms with Crippen molar-refractivity contribution in [2.24, 2.45) is 0 Å². The maximum absolute atomic E-state index is 12.7. The van der Waals surface area contributed by atoms with Gasteiger partial charge in [-0.2, -0.15) is 13.2 Å². The van der Waals surface area contributed by atoms with Crippen LogP contribution in [0.4, 0.5) is 13.2 Å². The van der Waals surface area contributed by atoms with Gasteiger partial charge in [0.1, 0.15) is 0 Å². The van der Waals surface area contributed by atoms with Crippen molar-refractivity contribution in [3.8, 4) is 0 Å². The molecular formula is C16H22F3N3O. The summed E-state index contributed by atoms with van der Waals surface area (Å²) in [7, 11) is 1.61. The highest BCUT2D eigenvalue weighted by atomic mass is 19.4. The first kappa shape index (κ1) is 17.7. The van der Waals surface area contributed by atoms with Gasteiger partial charge in [0.15, 0.2) is 0 Å². The van der Waals surface area contributed by atoms with Gasteiger partial charge in [0.2, 0.25) is 5.91 Å². The Labute approximate surface area is 134 Å². The van der Waals surface area contributed by atoms with E-state index in [9.17, 15) is 18.0 Å². The summed E-state index contributed by atoms with van der Waals surface area (Å²) in [6, 6.07) is 5.28. The molecule has 1 N–H and O–H groups in total. The molecule has 0 unspecified atom stereocenters. The number of hydrogen-bond donors (Lipinski definition) is 1. The summed E-state index contributed by atoms with van der Waals surface area (Å²) < 4.78 is 38.2. The van der Waals surface area contributed by atoms with Crippen molar-refractivity contribution in [1.82, 2.24) is 15.1 Å². The molecular weight excluding hydrogens is 307 g/mol. The monoisotopic (exact) mass is 329 g/mol. The Balaban J connectivity index is 1.91. The van der Waals surface area contributed by atoms with Crippen LogP contribution >= 0.6 is 0 Å². The molecule has 1 aromatic rings. The van der Waals surface area contributed by atoms with Crippen LogP contribution in [0.25, 0.3) is 0 Å². The van der Waals surface area contributed by atoms with Crippen LogP contribution < -0.4 is 5.32 Å². The molecule has 1 aliphatic rings. The van der Waals surface area contributed by atoms with Gasteiger partial charge in [-0.1, -0.05) is 18.2 Å². The lowest BCUT2D eigenvalue weighted by molar-refractivity contribution is -0.137. The predicted molar refractivity (Wildman–Crippen MR) is 81.8 cm³/mol. The lowest BCUT2D eigenvalue weighted by atomic mass is 10.1. The van der Waals surface area contributed by atoms with Gasteiger partial charge < -0.3 is 5.32 Å². The number of likely N-dealkylation sites (N-methyl/N-ethyl adjacent to an activating group) is 1. The molecule has 128 valence electrons. The van der Waals surface area contributed by atoms with Crippen LogP contribution in [0.3, 0.4) is 0 Å². The maximum Gasteiger partial charge on any atom is 0.416 e. The maximum atomic E-state index is 12.7. The van der Waals surface area contributed by atoms with Crippen molar-refractivity contribution in [3.05, 3.63) is 35.4 Å². The van der Waals surface area contributed by atoms with E-state index < -0.39 is 11.7 Å². The fraction of sp³-hybridized carbons (Fsp3) is 0.562. The van der Waals surface area contributed by atoms with Gasteiger partial charge in [0.05, 0.1) is 11.6 Å². The Kier molecular flexibility index (Phi) is 5.64. The zero-order valence-electron chi connectivity index (χ0n) is 13.4. The van der Waals surface area contributed by atoms with E-state index in [-0.39, 0.29) is 11.9 Å². The predicted octanol–water partition coefficient (Wildman–Crippen LogP) is 1.96. The SMILES string of the molecule is CNC(=O)[C@H](C)N1CCN(Cc2cccc(C(F)(F)F)c2)CC1.